The first-order chi connectivity index (χ1) is 11.5. The summed E-state index contributed by atoms with van der Waals surface area (Å²) in [7, 11) is 2.03. The average molecular weight is 359 g/mol. The van der Waals surface area contributed by atoms with Crippen molar-refractivity contribution in [3.8, 4) is 0 Å². The van der Waals surface area contributed by atoms with Gasteiger partial charge in [-0.2, -0.15) is 5.10 Å². The van der Waals surface area contributed by atoms with Crippen molar-refractivity contribution in [1.82, 2.24) is 14.7 Å². The van der Waals surface area contributed by atoms with E-state index < -0.39 is 0 Å². The molecule has 3 nitrogen and oxygen atoms in total. The quantitative estimate of drug-likeness (QED) is 0.611. The Kier molecular flexibility index (Phi) is 5.18. The van der Waals surface area contributed by atoms with E-state index in [1.807, 2.05) is 49.0 Å². The van der Waals surface area contributed by atoms with Crippen LogP contribution in [0.4, 0.5) is 4.39 Å². The van der Waals surface area contributed by atoms with Gasteiger partial charge >= 0.3 is 0 Å². The average Bonchev–Trinajstić information content (AvgIpc) is 2.88. The Bertz CT molecular complexity index is 856. The molecular weight excluding hydrogens is 341 g/mol. The normalized spacial score (nSPS) is 12.5. The predicted octanol–water partition coefficient (Wildman–Crippen LogP) is 4.80. The van der Waals surface area contributed by atoms with Crippen LogP contribution in [-0.4, -0.2) is 21.7 Å². The fraction of sp³-hybridized carbons (Fsp3) is 0.222. The van der Waals surface area contributed by atoms with Gasteiger partial charge in [-0.15, -0.1) is 0 Å². The number of aryl methyl sites for hydroxylation is 1. The minimum atomic E-state index is -0.231. The molecule has 0 saturated heterocycles. The molecule has 1 aromatic heterocycles. The maximum Gasteiger partial charge on any atom is 0.180 e. The Morgan fingerprint density at radius 2 is 1.75 bits per heavy atom. The van der Waals surface area contributed by atoms with E-state index in [0.29, 0.717) is 6.67 Å². The lowest BCUT2D eigenvalue weighted by atomic mass is 9.98. The van der Waals surface area contributed by atoms with Crippen molar-refractivity contribution in [3.05, 3.63) is 80.5 Å². The van der Waals surface area contributed by atoms with Crippen LogP contribution < -0.4 is 0 Å². The first kappa shape index (κ1) is 17.0. The third-order valence-corrected chi connectivity index (χ3v) is 5.03. The molecule has 124 valence electrons. The smallest absolute Gasteiger partial charge is 0.180 e. The second-order valence-electron chi connectivity index (χ2n) is 5.65. The summed E-state index contributed by atoms with van der Waals surface area (Å²) >= 11 is 6.88. The van der Waals surface area contributed by atoms with Crippen LogP contribution in [0.5, 0.6) is 0 Å². The zero-order valence-corrected chi connectivity index (χ0v) is 15.1. The van der Waals surface area contributed by atoms with Crippen LogP contribution in [0.3, 0.4) is 0 Å². The summed E-state index contributed by atoms with van der Waals surface area (Å²) in [6.07, 6.45) is 0. The maximum atomic E-state index is 13.3. The first-order valence-electron chi connectivity index (χ1n) is 7.60. The van der Waals surface area contributed by atoms with Gasteiger partial charge < -0.3 is 0 Å². The first-order valence-corrected chi connectivity index (χ1v) is 8.82. The highest BCUT2D eigenvalue weighted by Crippen LogP contribution is 2.28. The molecule has 24 heavy (non-hydrogen) atoms. The Balaban J connectivity index is 1.96. The van der Waals surface area contributed by atoms with Gasteiger partial charge in [-0.3, -0.25) is 4.90 Å². The molecule has 0 radical (unpaired) electrons. The molecule has 0 amide bonds. The Morgan fingerprint density at radius 3 is 2.33 bits per heavy atom. The van der Waals surface area contributed by atoms with Crippen LogP contribution in [-0.2, 0) is 6.67 Å². The number of aromatic nitrogens is 2. The van der Waals surface area contributed by atoms with E-state index in [4.69, 9.17) is 12.2 Å². The number of benzene rings is 2. The third kappa shape index (κ3) is 3.77. The molecule has 1 heterocycles. The molecule has 1 atom stereocenters. The lowest BCUT2D eigenvalue weighted by Crippen LogP contribution is -2.28. The molecule has 0 N–H and O–H groups in total. The number of rotatable bonds is 5. The van der Waals surface area contributed by atoms with E-state index in [1.165, 1.54) is 23.5 Å². The molecule has 0 spiro atoms. The summed E-state index contributed by atoms with van der Waals surface area (Å²) in [5.74, 6) is -0.231. The van der Waals surface area contributed by atoms with E-state index in [1.54, 1.807) is 0 Å². The van der Waals surface area contributed by atoms with Gasteiger partial charge in [0, 0.05) is 0 Å². The van der Waals surface area contributed by atoms with Gasteiger partial charge in [-0.1, -0.05) is 53.8 Å². The van der Waals surface area contributed by atoms with Crippen molar-refractivity contribution < 1.29 is 4.39 Å². The van der Waals surface area contributed by atoms with Gasteiger partial charge in [0.1, 0.15) is 10.8 Å². The molecule has 3 rings (SSSR count). The largest absolute Gasteiger partial charge is 0.276 e. The molecule has 0 saturated carbocycles. The third-order valence-electron chi connectivity index (χ3n) is 3.81. The van der Waals surface area contributed by atoms with E-state index >= 15 is 0 Å². The van der Waals surface area contributed by atoms with Gasteiger partial charge in [0.15, 0.2) is 3.95 Å². The number of halogens is 1. The lowest BCUT2D eigenvalue weighted by Gasteiger charge is -2.28. The van der Waals surface area contributed by atoms with Gasteiger partial charge in [-0.25, -0.2) is 9.07 Å². The Labute approximate surface area is 150 Å². The summed E-state index contributed by atoms with van der Waals surface area (Å²) < 4.78 is 15.9. The number of hydrogen-bond donors (Lipinski definition) is 0. The SMILES string of the molecule is Cc1nn(CN(C)C(c2ccccc2)c2ccc(F)cc2)c(=S)s1. The standard InChI is InChI=1S/C18H18FN3S2/c1-13-20-22(18(23)24-13)12-21(2)17(14-6-4-3-5-7-14)15-8-10-16(19)11-9-15/h3-11,17H,12H2,1-2H3. The van der Waals surface area contributed by atoms with Crippen LogP contribution in [0.25, 0.3) is 0 Å². The molecule has 0 aliphatic heterocycles. The zero-order valence-electron chi connectivity index (χ0n) is 13.5. The predicted molar refractivity (Wildman–Crippen MR) is 98.1 cm³/mol. The molecule has 0 aliphatic rings. The van der Waals surface area contributed by atoms with Crippen LogP contribution in [0, 0.1) is 16.7 Å². The van der Waals surface area contributed by atoms with Crippen LogP contribution in [0.15, 0.2) is 54.6 Å². The van der Waals surface area contributed by atoms with Crippen molar-refractivity contribution in [2.24, 2.45) is 0 Å². The summed E-state index contributed by atoms with van der Waals surface area (Å²) in [5.41, 5.74) is 2.17. The second kappa shape index (κ2) is 7.34. The zero-order chi connectivity index (χ0) is 17.1. The fourth-order valence-electron chi connectivity index (χ4n) is 2.77. The molecule has 2 aromatic carbocycles. The number of hydrogen-bond acceptors (Lipinski definition) is 4. The lowest BCUT2D eigenvalue weighted by molar-refractivity contribution is 0.208. The van der Waals surface area contributed by atoms with Crippen molar-refractivity contribution in [2.45, 2.75) is 19.6 Å². The molecule has 0 bridgehead atoms. The monoisotopic (exact) mass is 359 g/mol. The van der Waals surface area contributed by atoms with Crippen molar-refractivity contribution in [1.29, 1.82) is 0 Å². The molecule has 3 aromatic rings. The molecule has 1 unspecified atom stereocenters. The van der Waals surface area contributed by atoms with Crippen molar-refractivity contribution >= 4 is 23.6 Å². The summed E-state index contributed by atoms with van der Waals surface area (Å²) in [4.78, 5) is 2.16. The summed E-state index contributed by atoms with van der Waals surface area (Å²) in [6.45, 7) is 2.52. The molecule has 6 heteroatoms. The highest BCUT2D eigenvalue weighted by Gasteiger charge is 2.20. The Hall–Kier alpha value is -1.89. The molecule has 0 aliphatic carbocycles. The van der Waals surface area contributed by atoms with Gasteiger partial charge in [0.2, 0.25) is 0 Å². The molecular formula is C18H18FN3S2. The second-order valence-corrected chi connectivity index (χ2v) is 7.48. The molecule has 0 fully saturated rings. The number of nitrogens with zero attached hydrogens (tertiary/aromatic N) is 3. The topological polar surface area (TPSA) is 21.1 Å². The van der Waals surface area contributed by atoms with E-state index in [9.17, 15) is 4.39 Å². The minimum absolute atomic E-state index is 0.00398. The van der Waals surface area contributed by atoms with Crippen molar-refractivity contribution in [3.63, 3.8) is 0 Å². The van der Waals surface area contributed by atoms with Gasteiger partial charge in [-0.05, 0) is 49.4 Å². The van der Waals surface area contributed by atoms with Gasteiger partial charge in [0.05, 0.1) is 12.7 Å². The fourth-order valence-corrected chi connectivity index (χ4v) is 3.83. The summed E-state index contributed by atoms with van der Waals surface area (Å²) in [5, 5.41) is 5.41. The maximum absolute atomic E-state index is 13.3. The van der Waals surface area contributed by atoms with Crippen LogP contribution in [0.1, 0.15) is 22.2 Å². The minimum Gasteiger partial charge on any atom is -0.276 e. The van der Waals surface area contributed by atoms with Crippen LogP contribution >= 0.6 is 23.6 Å². The van der Waals surface area contributed by atoms with Gasteiger partial charge in [0.25, 0.3) is 0 Å². The van der Waals surface area contributed by atoms with E-state index in [2.05, 4.69) is 22.1 Å². The van der Waals surface area contributed by atoms with Crippen LogP contribution in [0.2, 0.25) is 0 Å². The summed E-state index contributed by atoms with van der Waals surface area (Å²) in [6, 6.07) is 16.8. The highest BCUT2D eigenvalue weighted by atomic mass is 32.1. The van der Waals surface area contributed by atoms with E-state index in [-0.39, 0.29) is 11.9 Å². The Morgan fingerprint density at radius 1 is 1.12 bits per heavy atom. The van der Waals surface area contributed by atoms with E-state index in [0.717, 1.165) is 20.1 Å². The van der Waals surface area contributed by atoms with Crippen molar-refractivity contribution in [2.75, 3.05) is 7.05 Å². The highest BCUT2D eigenvalue weighted by molar-refractivity contribution is 7.73.